The summed E-state index contributed by atoms with van der Waals surface area (Å²) in [5.41, 5.74) is 12.1. The van der Waals surface area contributed by atoms with Gasteiger partial charge in [0.2, 0.25) is 11.9 Å². The molecule has 2 heterocycles. The van der Waals surface area contributed by atoms with Gasteiger partial charge in [-0.2, -0.15) is 4.98 Å². The third kappa shape index (κ3) is 5.07. The average molecular weight is 436 g/mol. The molecule has 0 spiro atoms. The number of aromatic nitrogens is 2. The molecule has 1 fully saturated rings. The molecule has 32 heavy (non-hydrogen) atoms. The molecule has 3 rings (SSSR count). The van der Waals surface area contributed by atoms with Crippen LogP contribution in [-0.2, 0) is 4.79 Å². The minimum atomic E-state index is -0.787. The van der Waals surface area contributed by atoms with Crippen LogP contribution in [0.2, 0.25) is 0 Å². The number of hydrogen-bond acceptors (Lipinski definition) is 8. The fraction of sp³-hybridized carbons (Fsp3) is 0.273. The third-order valence-corrected chi connectivity index (χ3v) is 4.87. The Kier molecular flexibility index (Phi) is 6.80. The minimum absolute atomic E-state index is 0.0622. The first kappa shape index (κ1) is 22.4. The van der Waals surface area contributed by atoms with Gasteiger partial charge in [0, 0.05) is 30.8 Å². The topological polar surface area (TPSA) is 146 Å². The summed E-state index contributed by atoms with van der Waals surface area (Å²) in [6, 6.07) is 5.06. The highest BCUT2D eigenvalue weighted by Gasteiger charge is 2.26. The number of likely N-dealkylation sites (tertiary alicyclic amines) is 1. The average Bonchev–Trinajstić information content (AvgIpc) is 3.24. The Labute approximate surface area is 185 Å². The minimum Gasteiger partial charge on any atom is -0.497 e. The van der Waals surface area contributed by atoms with Crippen molar-refractivity contribution in [1.29, 1.82) is 0 Å². The predicted octanol–water partition coefficient (Wildman–Crippen LogP) is 0.774. The Balaban J connectivity index is 1.92. The largest absolute Gasteiger partial charge is 0.497 e. The summed E-state index contributed by atoms with van der Waals surface area (Å²) >= 11 is 0. The van der Waals surface area contributed by atoms with Gasteiger partial charge in [-0.1, -0.05) is 12.5 Å². The molecule has 0 radical (unpaired) electrons. The second-order valence-corrected chi connectivity index (χ2v) is 6.99. The zero-order valence-corrected chi connectivity index (χ0v) is 17.8. The van der Waals surface area contributed by atoms with Gasteiger partial charge < -0.3 is 31.2 Å². The first-order chi connectivity index (χ1) is 15.3. The van der Waals surface area contributed by atoms with Crippen molar-refractivity contribution in [3.63, 3.8) is 0 Å². The smallest absolute Gasteiger partial charge is 0.255 e. The first-order valence-corrected chi connectivity index (χ1v) is 9.74. The number of benzene rings is 1. The number of nitrogen functional groups attached to an aromatic ring is 1. The van der Waals surface area contributed by atoms with Gasteiger partial charge in [-0.25, -0.2) is 4.98 Å². The maximum absolute atomic E-state index is 11.9. The normalized spacial score (nSPS) is 14.8. The van der Waals surface area contributed by atoms with E-state index in [-0.39, 0.29) is 35.0 Å². The van der Waals surface area contributed by atoms with E-state index in [4.69, 9.17) is 20.9 Å². The van der Waals surface area contributed by atoms with Crippen molar-refractivity contribution in [1.82, 2.24) is 14.9 Å². The van der Waals surface area contributed by atoms with E-state index >= 15 is 0 Å². The molecule has 1 atom stereocenters. The molecule has 2 amide bonds. The van der Waals surface area contributed by atoms with E-state index < -0.39 is 5.91 Å². The Hall–Kier alpha value is -4.26. The van der Waals surface area contributed by atoms with Crippen molar-refractivity contribution in [2.45, 2.75) is 12.5 Å². The number of rotatable bonds is 6. The monoisotopic (exact) mass is 436 g/mol. The van der Waals surface area contributed by atoms with E-state index in [2.05, 4.69) is 33.7 Å². The van der Waals surface area contributed by atoms with Crippen molar-refractivity contribution in [3.05, 3.63) is 47.7 Å². The number of primary amides is 1. The number of nitrogens with zero attached hydrogens (tertiary/aromatic N) is 3. The zero-order valence-electron chi connectivity index (χ0n) is 17.8. The van der Waals surface area contributed by atoms with E-state index in [9.17, 15) is 9.59 Å². The van der Waals surface area contributed by atoms with Crippen LogP contribution in [0.5, 0.6) is 11.5 Å². The lowest BCUT2D eigenvalue weighted by Crippen LogP contribution is -2.30. The van der Waals surface area contributed by atoms with Gasteiger partial charge in [-0.15, -0.1) is 0 Å². The Morgan fingerprint density at radius 3 is 2.50 bits per heavy atom. The summed E-state index contributed by atoms with van der Waals surface area (Å²) in [6.45, 7) is 4.56. The SMILES string of the molecule is C=CC(=O)N1CCC(Nc2nc(N)c(C(N)=O)c(C#Cc3cc(OC)cc(OC)c3)n2)C1. The summed E-state index contributed by atoms with van der Waals surface area (Å²) in [5, 5.41) is 3.14. The lowest BCUT2D eigenvalue weighted by molar-refractivity contribution is -0.125. The van der Waals surface area contributed by atoms with Gasteiger partial charge in [0.05, 0.1) is 14.2 Å². The molecule has 0 bridgehead atoms. The second kappa shape index (κ2) is 9.70. The Morgan fingerprint density at radius 2 is 1.91 bits per heavy atom. The fourth-order valence-electron chi connectivity index (χ4n) is 3.28. The highest BCUT2D eigenvalue weighted by molar-refractivity contribution is 5.99. The van der Waals surface area contributed by atoms with Crippen LogP contribution in [-0.4, -0.2) is 60.0 Å². The molecule has 1 aliphatic heterocycles. The maximum Gasteiger partial charge on any atom is 0.255 e. The number of amides is 2. The molecule has 0 aliphatic carbocycles. The zero-order chi connectivity index (χ0) is 23.3. The van der Waals surface area contributed by atoms with Crippen LogP contribution >= 0.6 is 0 Å². The lowest BCUT2D eigenvalue weighted by Gasteiger charge is -2.16. The molecule has 1 aromatic carbocycles. The van der Waals surface area contributed by atoms with Crippen LogP contribution < -0.4 is 26.3 Å². The molecule has 1 aliphatic rings. The fourth-order valence-corrected chi connectivity index (χ4v) is 3.28. The van der Waals surface area contributed by atoms with Crippen LogP contribution in [0.15, 0.2) is 30.9 Å². The van der Waals surface area contributed by atoms with Crippen LogP contribution in [0.25, 0.3) is 0 Å². The van der Waals surface area contributed by atoms with Crippen molar-refractivity contribution >= 4 is 23.6 Å². The van der Waals surface area contributed by atoms with Gasteiger partial charge in [0.1, 0.15) is 28.6 Å². The quantitative estimate of drug-likeness (QED) is 0.445. The number of ether oxygens (including phenoxy) is 2. The van der Waals surface area contributed by atoms with Crippen LogP contribution in [0.3, 0.4) is 0 Å². The Morgan fingerprint density at radius 1 is 1.22 bits per heavy atom. The molecular formula is C22H24N6O4. The van der Waals surface area contributed by atoms with Crippen LogP contribution in [0, 0.1) is 11.8 Å². The van der Waals surface area contributed by atoms with E-state index in [1.54, 1.807) is 23.1 Å². The number of hydrogen-bond donors (Lipinski definition) is 3. The van der Waals surface area contributed by atoms with E-state index in [1.807, 2.05) is 0 Å². The summed E-state index contributed by atoms with van der Waals surface area (Å²) in [4.78, 5) is 33.9. The number of methoxy groups -OCH3 is 2. The molecule has 1 aromatic heterocycles. The summed E-state index contributed by atoms with van der Waals surface area (Å²) in [5.74, 6) is 6.08. The van der Waals surface area contributed by atoms with E-state index in [1.165, 1.54) is 20.3 Å². The van der Waals surface area contributed by atoms with E-state index in [0.717, 1.165) is 0 Å². The van der Waals surface area contributed by atoms with Gasteiger partial charge >= 0.3 is 0 Å². The summed E-state index contributed by atoms with van der Waals surface area (Å²) < 4.78 is 10.5. The van der Waals surface area contributed by atoms with Crippen molar-refractivity contribution in [2.24, 2.45) is 5.73 Å². The van der Waals surface area contributed by atoms with Crippen molar-refractivity contribution in [3.8, 4) is 23.3 Å². The van der Waals surface area contributed by atoms with Gasteiger partial charge in [-0.3, -0.25) is 9.59 Å². The van der Waals surface area contributed by atoms with Crippen molar-refractivity contribution < 1.29 is 19.1 Å². The second-order valence-electron chi connectivity index (χ2n) is 6.99. The molecule has 2 aromatic rings. The van der Waals surface area contributed by atoms with Gasteiger partial charge in [-0.05, 0) is 30.6 Å². The third-order valence-electron chi connectivity index (χ3n) is 4.87. The molecule has 1 unspecified atom stereocenters. The highest BCUT2D eigenvalue weighted by Crippen LogP contribution is 2.22. The molecule has 1 saturated heterocycles. The maximum atomic E-state index is 11.9. The molecule has 166 valence electrons. The van der Waals surface area contributed by atoms with Gasteiger partial charge in [0.25, 0.3) is 5.91 Å². The number of nitrogens with two attached hydrogens (primary N) is 2. The molecule has 10 heteroatoms. The number of carbonyl (C=O) groups excluding carboxylic acids is 2. The predicted molar refractivity (Wildman–Crippen MR) is 119 cm³/mol. The van der Waals surface area contributed by atoms with Gasteiger partial charge in [0.15, 0.2) is 0 Å². The molecule has 10 nitrogen and oxygen atoms in total. The summed E-state index contributed by atoms with van der Waals surface area (Å²) in [6.07, 6.45) is 1.98. The van der Waals surface area contributed by atoms with Crippen molar-refractivity contribution in [2.75, 3.05) is 38.4 Å². The summed E-state index contributed by atoms with van der Waals surface area (Å²) in [7, 11) is 3.07. The Bertz CT molecular complexity index is 1100. The molecule has 0 saturated carbocycles. The number of nitrogens with one attached hydrogen (secondary N) is 1. The lowest BCUT2D eigenvalue weighted by atomic mass is 10.1. The number of anilines is 2. The molecular weight excluding hydrogens is 412 g/mol. The standard InChI is InChI=1S/C22H24N6O4/c1-4-18(29)28-8-7-14(12-28)25-22-26-17(19(21(24)30)20(23)27-22)6-5-13-9-15(31-2)11-16(10-13)32-3/h4,9-11,14H,1,7-8,12H2,2-3H3,(H2,24,30)(H3,23,25,26,27). The molecule has 5 N–H and O–H groups in total. The van der Waals surface area contributed by atoms with Crippen LogP contribution in [0.4, 0.5) is 11.8 Å². The highest BCUT2D eigenvalue weighted by atomic mass is 16.5. The first-order valence-electron chi connectivity index (χ1n) is 9.74. The number of carbonyl (C=O) groups is 2. The van der Waals surface area contributed by atoms with Crippen LogP contribution in [0.1, 0.15) is 28.0 Å². The van der Waals surface area contributed by atoms with E-state index in [0.29, 0.717) is 36.6 Å².